The van der Waals surface area contributed by atoms with Crippen molar-refractivity contribution in [3.05, 3.63) is 47.2 Å². The Kier molecular flexibility index (Phi) is 6.37. The predicted octanol–water partition coefficient (Wildman–Crippen LogP) is 7.19. The molecule has 0 atom stereocenters. The summed E-state index contributed by atoms with van der Waals surface area (Å²) in [7, 11) is 2.26. The van der Waals surface area contributed by atoms with Crippen LogP contribution in [0.25, 0.3) is 11.3 Å². The molecule has 1 fully saturated rings. The van der Waals surface area contributed by atoms with Gasteiger partial charge in [-0.3, -0.25) is 0 Å². The van der Waals surface area contributed by atoms with Gasteiger partial charge in [-0.25, -0.2) is 0 Å². The fourth-order valence-corrected chi connectivity index (χ4v) is 8.84. The fourth-order valence-electron chi connectivity index (χ4n) is 5.18. The zero-order chi connectivity index (χ0) is 23.4. The van der Waals surface area contributed by atoms with Gasteiger partial charge in [0, 0.05) is 0 Å². The number of hydrogen-bond acceptors (Lipinski definition) is 0. The molecule has 1 saturated carbocycles. The molecule has 2 aromatic rings. The summed E-state index contributed by atoms with van der Waals surface area (Å²) in [5, 5.41) is 0. The van der Waals surface area contributed by atoms with Crippen molar-refractivity contribution >= 4 is 17.7 Å². The van der Waals surface area contributed by atoms with Crippen LogP contribution in [0.3, 0.4) is 0 Å². The molecule has 170 valence electrons. The average molecular weight is 481 g/mol. The molecule has 0 spiro atoms. The molecule has 0 amide bonds. The Bertz CT molecular complexity index is 959. The van der Waals surface area contributed by atoms with Crippen molar-refractivity contribution in [3.63, 3.8) is 0 Å². The molecule has 1 aliphatic carbocycles. The average Bonchev–Trinajstić information content (AvgIpc) is 2.63. The summed E-state index contributed by atoms with van der Waals surface area (Å²) in [5.74, 6) is 7.69. The molecular formula is C29H46GeN+. The van der Waals surface area contributed by atoms with Gasteiger partial charge in [0.1, 0.15) is 0 Å². The summed E-state index contributed by atoms with van der Waals surface area (Å²) in [5.41, 5.74) is 8.19. The van der Waals surface area contributed by atoms with E-state index in [-0.39, 0.29) is 5.41 Å². The second-order valence-corrected chi connectivity index (χ2v) is 23.9. The van der Waals surface area contributed by atoms with E-state index < -0.39 is 13.3 Å². The first-order valence-corrected chi connectivity index (χ1v) is 19.5. The second kappa shape index (κ2) is 8.05. The molecule has 3 rings (SSSR count). The second-order valence-electron chi connectivity index (χ2n) is 13.4. The van der Waals surface area contributed by atoms with Crippen LogP contribution in [0.1, 0.15) is 83.9 Å². The summed E-state index contributed by atoms with van der Waals surface area (Å²) in [6.45, 7) is 16.6. The zero-order valence-electron chi connectivity index (χ0n) is 22.2. The van der Waals surface area contributed by atoms with E-state index in [2.05, 4.69) is 108 Å². The Balaban J connectivity index is 2.14. The normalized spacial score (nSPS) is 18.8. The van der Waals surface area contributed by atoms with Crippen LogP contribution in [0.4, 0.5) is 0 Å². The third-order valence-corrected chi connectivity index (χ3v) is 12.1. The van der Waals surface area contributed by atoms with Crippen molar-refractivity contribution in [3.8, 4) is 11.3 Å². The van der Waals surface area contributed by atoms with Crippen molar-refractivity contribution in [1.29, 1.82) is 0 Å². The molecule has 1 nitrogen and oxygen atoms in total. The monoisotopic (exact) mass is 482 g/mol. The number of hydrogen-bond donors (Lipinski definition) is 0. The van der Waals surface area contributed by atoms with Crippen molar-refractivity contribution in [1.82, 2.24) is 0 Å². The SMILES string of the molecule is Cc1cc(C(C)(C)C)ccc1-c1c[c]([Ge]([CH3])([CH3])[CH3])c(C2(C)CCC(C)(C)CC2)c[n+]1C. The molecule has 0 bridgehead atoms. The minimum absolute atomic E-state index is 0.185. The van der Waals surface area contributed by atoms with Gasteiger partial charge in [0.2, 0.25) is 0 Å². The molecule has 1 aromatic heterocycles. The Hall–Kier alpha value is -1.09. The van der Waals surface area contributed by atoms with Gasteiger partial charge in [-0.05, 0) is 0 Å². The van der Waals surface area contributed by atoms with Gasteiger partial charge in [-0.1, -0.05) is 0 Å². The van der Waals surface area contributed by atoms with Crippen molar-refractivity contribution < 1.29 is 4.57 Å². The Morgan fingerprint density at radius 2 is 1.48 bits per heavy atom. The fraction of sp³-hybridized carbons (Fsp3) is 0.621. The number of pyridine rings is 1. The van der Waals surface area contributed by atoms with Crippen molar-refractivity contribution in [2.75, 3.05) is 0 Å². The maximum absolute atomic E-state index is 2.58. The van der Waals surface area contributed by atoms with Gasteiger partial charge < -0.3 is 0 Å². The minimum atomic E-state index is -2.07. The maximum atomic E-state index is 2.58. The van der Waals surface area contributed by atoms with Crippen molar-refractivity contribution in [2.45, 2.75) is 102 Å². The summed E-state index contributed by atoms with van der Waals surface area (Å²) < 4.78 is 4.12. The van der Waals surface area contributed by atoms with Crippen LogP contribution in [0.15, 0.2) is 30.5 Å². The first-order valence-electron chi connectivity index (χ1n) is 12.2. The van der Waals surface area contributed by atoms with E-state index >= 15 is 0 Å². The zero-order valence-corrected chi connectivity index (χ0v) is 24.3. The molecule has 31 heavy (non-hydrogen) atoms. The van der Waals surface area contributed by atoms with Crippen molar-refractivity contribution in [2.24, 2.45) is 12.5 Å². The third-order valence-electron chi connectivity index (χ3n) is 7.81. The predicted molar refractivity (Wildman–Crippen MR) is 139 cm³/mol. The first kappa shape index (κ1) is 24.6. The van der Waals surface area contributed by atoms with E-state index in [1.165, 1.54) is 48.1 Å². The first-order chi connectivity index (χ1) is 14.0. The summed E-state index contributed by atoms with van der Waals surface area (Å²) in [4.78, 5) is 0. The summed E-state index contributed by atoms with van der Waals surface area (Å²) in [6, 6.07) is 9.67. The van der Waals surface area contributed by atoms with Gasteiger partial charge in [0.05, 0.1) is 0 Å². The molecule has 1 aromatic carbocycles. The van der Waals surface area contributed by atoms with E-state index in [1.807, 2.05) is 0 Å². The molecule has 0 radical (unpaired) electrons. The van der Waals surface area contributed by atoms with E-state index in [4.69, 9.17) is 0 Å². The van der Waals surface area contributed by atoms with E-state index in [0.29, 0.717) is 10.8 Å². The van der Waals surface area contributed by atoms with Crippen LogP contribution in [0.2, 0.25) is 17.3 Å². The number of benzene rings is 1. The van der Waals surface area contributed by atoms with Crippen LogP contribution in [-0.2, 0) is 17.9 Å². The Morgan fingerprint density at radius 3 is 1.97 bits per heavy atom. The molecule has 1 aliphatic rings. The topological polar surface area (TPSA) is 3.88 Å². The van der Waals surface area contributed by atoms with Crippen LogP contribution in [0.5, 0.6) is 0 Å². The molecule has 2 heteroatoms. The van der Waals surface area contributed by atoms with Crippen LogP contribution >= 0.6 is 0 Å². The third kappa shape index (κ3) is 5.13. The summed E-state index contributed by atoms with van der Waals surface area (Å²) >= 11 is -2.07. The van der Waals surface area contributed by atoms with Gasteiger partial charge in [0.25, 0.3) is 0 Å². The summed E-state index contributed by atoms with van der Waals surface area (Å²) in [6.07, 6.45) is 7.79. The molecule has 0 aliphatic heterocycles. The van der Waals surface area contributed by atoms with Crippen LogP contribution < -0.4 is 8.96 Å². The molecular weight excluding hydrogens is 435 g/mol. The van der Waals surface area contributed by atoms with Crippen LogP contribution in [0, 0.1) is 12.3 Å². The number of aromatic nitrogens is 1. The molecule has 0 unspecified atom stereocenters. The van der Waals surface area contributed by atoms with Gasteiger partial charge >= 0.3 is 195 Å². The molecule has 0 saturated heterocycles. The van der Waals surface area contributed by atoms with Gasteiger partial charge in [-0.15, -0.1) is 0 Å². The van der Waals surface area contributed by atoms with E-state index in [9.17, 15) is 0 Å². The Morgan fingerprint density at radius 1 is 0.903 bits per heavy atom. The van der Waals surface area contributed by atoms with Gasteiger partial charge in [0.15, 0.2) is 0 Å². The van der Waals surface area contributed by atoms with E-state index in [0.717, 1.165) is 0 Å². The molecule has 1 heterocycles. The standard InChI is InChI=1S/C29H46GeN/c1-21-18-22(27(2,3)4)12-13-23(21)26-19-25(30(8,9)10)24(20-31(26)11)29(7)16-14-28(5,6)15-17-29/h12-13,18-20H,14-17H2,1-11H3/q+1. The number of aryl methyl sites for hydroxylation is 2. The Labute approximate surface area is 195 Å². The van der Waals surface area contributed by atoms with E-state index in [1.54, 1.807) is 9.96 Å². The van der Waals surface area contributed by atoms with Gasteiger partial charge in [-0.2, -0.15) is 0 Å². The quantitative estimate of drug-likeness (QED) is 0.323. The number of rotatable bonds is 3. The molecule has 0 N–H and O–H groups in total. The van der Waals surface area contributed by atoms with Crippen LogP contribution in [-0.4, -0.2) is 13.3 Å². The number of nitrogens with zero attached hydrogens (tertiary/aromatic N) is 1.